The van der Waals surface area contributed by atoms with E-state index in [4.69, 9.17) is 0 Å². The molecule has 0 aromatic heterocycles. The van der Waals surface area contributed by atoms with Crippen LogP contribution in [0.1, 0.15) is 38.5 Å². The summed E-state index contributed by atoms with van der Waals surface area (Å²) in [5.74, 6) is 4.74. The summed E-state index contributed by atoms with van der Waals surface area (Å²) in [4.78, 5) is 0. The molecule has 0 aromatic rings. The fourth-order valence-corrected chi connectivity index (χ4v) is 3.82. The van der Waals surface area contributed by atoms with Crippen LogP contribution in [0.25, 0.3) is 0 Å². The van der Waals surface area contributed by atoms with E-state index in [0.29, 0.717) is 0 Å². The SMILES string of the molecule is C1C[C@@H]2C[C@@H]1[C@@H]1CC[C@H]2C1. The zero-order chi connectivity index (χ0) is 6.55. The summed E-state index contributed by atoms with van der Waals surface area (Å²) in [7, 11) is 0. The molecule has 4 atom stereocenters. The lowest BCUT2D eigenvalue weighted by molar-refractivity contribution is 0.243. The summed E-state index contributed by atoms with van der Waals surface area (Å²) < 4.78 is 0. The first-order valence-electron chi connectivity index (χ1n) is 4.93. The van der Waals surface area contributed by atoms with Crippen molar-refractivity contribution in [3.05, 3.63) is 0 Å². The van der Waals surface area contributed by atoms with Gasteiger partial charge in [0.1, 0.15) is 0 Å². The first-order valence-corrected chi connectivity index (χ1v) is 4.93. The smallest absolute Gasteiger partial charge is 0.0383 e. The van der Waals surface area contributed by atoms with Crippen LogP contribution in [0.5, 0.6) is 0 Å². The molecule has 0 N–H and O–H groups in total. The second-order valence-corrected chi connectivity index (χ2v) is 4.67. The van der Waals surface area contributed by atoms with Crippen molar-refractivity contribution in [2.75, 3.05) is 0 Å². The predicted molar refractivity (Wildman–Crippen MR) is 41.7 cm³/mol. The highest BCUT2D eigenvalue weighted by molar-refractivity contribution is 4.95. The van der Waals surface area contributed by atoms with E-state index in [1.165, 1.54) is 23.7 Å². The molecule has 0 saturated heterocycles. The van der Waals surface area contributed by atoms with Gasteiger partial charge in [-0.2, -0.15) is 0 Å². The zero-order valence-corrected chi connectivity index (χ0v) is 6.55. The van der Waals surface area contributed by atoms with Crippen LogP contribution >= 0.6 is 0 Å². The minimum Gasteiger partial charge on any atom is -0.0499 e. The van der Waals surface area contributed by atoms with Crippen molar-refractivity contribution in [2.24, 2.45) is 23.7 Å². The molecule has 3 fully saturated rings. The van der Waals surface area contributed by atoms with Gasteiger partial charge in [0, 0.05) is 0 Å². The molecule has 0 heterocycles. The maximum absolute atomic E-state index is 1.62. The van der Waals surface area contributed by atoms with E-state index < -0.39 is 0 Å². The van der Waals surface area contributed by atoms with Crippen LogP contribution in [0.15, 0.2) is 0 Å². The summed E-state index contributed by atoms with van der Waals surface area (Å²) in [6.45, 7) is 0. The fraction of sp³-hybridized carbons (Fsp3) is 1.00. The van der Waals surface area contributed by atoms with Crippen molar-refractivity contribution in [1.29, 1.82) is 0 Å². The third kappa shape index (κ3) is 0.580. The summed E-state index contributed by atoms with van der Waals surface area (Å²) >= 11 is 0. The van der Waals surface area contributed by atoms with Gasteiger partial charge in [-0.25, -0.2) is 0 Å². The van der Waals surface area contributed by atoms with Gasteiger partial charge in [0.25, 0.3) is 0 Å². The van der Waals surface area contributed by atoms with Crippen molar-refractivity contribution in [3.63, 3.8) is 0 Å². The Hall–Kier alpha value is 0. The second-order valence-electron chi connectivity index (χ2n) is 4.67. The lowest BCUT2D eigenvalue weighted by atomic mass is 9.80. The van der Waals surface area contributed by atoms with Gasteiger partial charge < -0.3 is 0 Å². The number of rotatable bonds is 0. The van der Waals surface area contributed by atoms with Crippen molar-refractivity contribution in [3.8, 4) is 0 Å². The Morgan fingerprint density at radius 3 is 1.10 bits per heavy atom. The second kappa shape index (κ2) is 1.78. The van der Waals surface area contributed by atoms with Gasteiger partial charge in [-0.05, 0) is 62.2 Å². The lowest BCUT2D eigenvalue weighted by Crippen LogP contribution is -2.17. The van der Waals surface area contributed by atoms with E-state index >= 15 is 0 Å². The number of fused-ring (bicyclic) bond motifs is 6. The van der Waals surface area contributed by atoms with E-state index in [1.807, 2.05) is 0 Å². The van der Waals surface area contributed by atoms with Crippen LogP contribution in [0.3, 0.4) is 0 Å². The lowest BCUT2D eigenvalue weighted by Gasteiger charge is -2.25. The molecular formula is C10H16. The van der Waals surface area contributed by atoms with Crippen molar-refractivity contribution < 1.29 is 0 Å². The normalized spacial score (nSPS) is 57.6. The van der Waals surface area contributed by atoms with Gasteiger partial charge in [0.2, 0.25) is 0 Å². The summed E-state index contributed by atoms with van der Waals surface area (Å²) in [5, 5.41) is 0. The number of hydrogen-bond acceptors (Lipinski definition) is 0. The highest BCUT2D eigenvalue weighted by Gasteiger charge is 2.44. The van der Waals surface area contributed by atoms with E-state index in [9.17, 15) is 0 Å². The Bertz CT molecular complexity index is 116. The summed E-state index contributed by atoms with van der Waals surface area (Å²) in [6.07, 6.45) is 9.60. The maximum Gasteiger partial charge on any atom is -0.0383 e. The fourth-order valence-electron chi connectivity index (χ4n) is 3.82. The average Bonchev–Trinajstić information content (AvgIpc) is 2.41. The largest absolute Gasteiger partial charge is 0.0499 e. The molecule has 0 aromatic carbocycles. The summed E-state index contributed by atoms with van der Waals surface area (Å²) in [6, 6.07) is 0. The monoisotopic (exact) mass is 136 g/mol. The third-order valence-corrected chi connectivity index (χ3v) is 4.36. The average molecular weight is 136 g/mol. The molecule has 3 rings (SSSR count). The Kier molecular flexibility index (Phi) is 1.00. The molecule has 0 unspecified atom stereocenters. The highest BCUT2D eigenvalue weighted by atomic mass is 14.5. The molecule has 0 spiro atoms. The minimum absolute atomic E-state index is 1.18. The first kappa shape index (κ1) is 5.62. The molecule has 0 aliphatic heterocycles. The van der Waals surface area contributed by atoms with Crippen LogP contribution < -0.4 is 0 Å². The van der Waals surface area contributed by atoms with Crippen LogP contribution in [0.2, 0.25) is 0 Å². The maximum atomic E-state index is 1.62. The topological polar surface area (TPSA) is 0 Å². The molecule has 3 aliphatic rings. The summed E-state index contributed by atoms with van der Waals surface area (Å²) in [5.41, 5.74) is 0. The predicted octanol–water partition coefficient (Wildman–Crippen LogP) is 2.83. The first-order chi connectivity index (χ1) is 4.93. The molecule has 0 amide bonds. The van der Waals surface area contributed by atoms with Crippen molar-refractivity contribution in [2.45, 2.75) is 38.5 Å². The van der Waals surface area contributed by atoms with Crippen molar-refractivity contribution in [1.82, 2.24) is 0 Å². The molecule has 0 heteroatoms. The molecule has 10 heavy (non-hydrogen) atoms. The van der Waals surface area contributed by atoms with Crippen LogP contribution in [0, 0.1) is 23.7 Å². The van der Waals surface area contributed by atoms with Gasteiger partial charge in [-0.15, -0.1) is 0 Å². The van der Waals surface area contributed by atoms with Crippen LogP contribution in [0.4, 0.5) is 0 Å². The Morgan fingerprint density at radius 1 is 0.500 bits per heavy atom. The Labute approximate surface area is 63.0 Å². The molecule has 3 aliphatic carbocycles. The Balaban J connectivity index is 1.94. The van der Waals surface area contributed by atoms with Crippen LogP contribution in [-0.2, 0) is 0 Å². The van der Waals surface area contributed by atoms with Gasteiger partial charge >= 0.3 is 0 Å². The zero-order valence-electron chi connectivity index (χ0n) is 6.55. The molecule has 0 nitrogen and oxygen atoms in total. The van der Waals surface area contributed by atoms with E-state index in [1.54, 1.807) is 38.5 Å². The Morgan fingerprint density at radius 2 is 0.800 bits per heavy atom. The molecular weight excluding hydrogens is 120 g/mol. The highest BCUT2D eigenvalue weighted by Crippen LogP contribution is 2.55. The number of hydrogen-bond donors (Lipinski definition) is 0. The minimum atomic E-state index is 1.18. The van der Waals surface area contributed by atoms with E-state index in [-0.39, 0.29) is 0 Å². The third-order valence-electron chi connectivity index (χ3n) is 4.36. The van der Waals surface area contributed by atoms with Gasteiger partial charge in [-0.1, -0.05) is 0 Å². The van der Waals surface area contributed by atoms with Crippen LogP contribution in [-0.4, -0.2) is 0 Å². The van der Waals surface area contributed by atoms with Gasteiger partial charge in [0.05, 0.1) is 0 Å². The quantitative estimate of drug-likeness (QED) is 0.480. The standard InChI is InChI=1S/C10H16/c1-2-8-5-7(1)9-3-4-10(8)6-9/h7-10H,1-6H2/t7-,8-,9-,10+/m1/s1. The van der Waals surface area contributed by atoms with Gasteiger partial charge in [0.15, 0.2) is 0 Å². The molecule has 3 saturated carbocycles. The molecule has 56 valence electrons. The molecule has 4 bridgehead atoms. The van der Waals surface area contributed by atoms with E-state index in [2.05, 4.69) is 0 Å². The van der Waals surface area contributed by atoms with Crippen molar-refractivity contribution >= 4 is 0 Å². The van der Waals surface area contributed by atoms with Gasteiger partial charge in [-0.3, -0.25) is 0 Å². The molecule has 0 radical (unpaired) electrons. The van der Waals surface area contributed by atoms with E-state index in [0.717, 1.165) is 0 Å².